The van der Waals surface area contributed by atoms with Crippen molar-refractivity contribution in [2.75, 3.05) is 0 Å². The molecule has 2 aromatic heterocycles. The Morgan fingerprint density at radius 3 is 2.62 bits per heavy atom. The lowest BCUT2D eigenvalue weighted by atomic mass is 10.0. The van der Waals surface area contributed by atoms with Gasteiger partial charge >= 0.3 is 5.97 Å². The molecule has 6 heteroatoms. The highest BCUT2D eigenvalue weighted by atomic mass is 19.1. The second kappa shape index (κ2) is 5.16. The summed E-state index contributed by atoms with van der Waals surface area (Å²) in [7, 11) is 0. The van der Waals surface area contributed by atoms with E-state index in [0.29, 0.717) is 22.4 Å². The normalized spacial score (nSPS) is 10.5. The van der Waals surface area contributed by atoms with Crippen molar-refractivity contribution in [1.82, 2.24) is 15.2 Å². The molecule has 0 saturated carbocycles. The SMILES string of the molecule is O=C(O)c1ncccc1-c1cn[nH]c1-c1ccc(F)cc1. The van der Waals surface area contributed by atoms with E-state index < -0.39 is 5.97 Å². The zero-order valence-corrected chi connectivity index (χ0v) is 10.7. The summed E-state index contributed by atoms with van der Waals surface area (Å²) in [5.74, 6) is -1.45. The van der Waals surface area contributed by atoms with Crippen molar-refractivity contribution in [3.05, 3.63) is 60.3 Å². The molecular formula is C15H10FN3O2. The smallest absolute Gasteiger partial charge is 0.355 e. The first kappa shape index (κ1) is 13.0. The van der Waals surface area contributed by atoms with E-state index in [9.17, 15) is 14.3 Å². The Hall–Kier alpha value is -3.02. The molecule has 5 nitrogen and oxygen atoms in total. The first-order valence-electron chi connectivity index (χ1n) is 6.15. The van der Waals surface area contributed by atoms with E-state index in [4.69, 9.17) is 0 Å². The summed E-state index contributed by atoms with van der Waals surface area (Å²) in [6.45, 7) is 0. The van der Waals surface area contributed by atoms with Crippen LogP contribution in [0.25, 0.3) is 22.4 Å². The maximum Gasteiger partial charge on any atom is 0.355 e. The summed E-state index contributed by atoms with van der Waals surface area (Å²) in [6, 6.07) is 9.19. The molecule has 2 N–H and O–H groups in total. The van der Waals surface area contributed by atoms with Gasteiger partial charge in [-0.2, -0.15) is 5.10 Å². The summed E-state index contributed by atoms with van der Waals surface area (Å²) in [4.78, 5) is 15.1. The average molecular weight is 283 g/mol. The van der Waals surface area contributed by atoms with Crippen LogP contribution >= 0.6 is 0 Å². The van der Waals surface area contributed by atoms with E-state index in [0.717, 1.165) is 0 Å². The molecule has 0 saturated heterocycles. The highest BCUT2D eigenvalue weighted by Crippen LogP contribution is 2.31. The number of pyridine rings is 1. The average Bonchev–Trinajstić information content (AvgIpc) is 2.97. The Bertz CT molecular complexity index is 797. The largest absolute Gasteiger partial charge is 0.476 e. The molecule has 0 aliphatic carbocycles. The Morgan fingerprint density at radius 2 is 1.90 bits per heavy atom. The molecule has 3 rings (SSSR count). The molecule has 0 unspecified atom stereocenters. The summed E-state index contributed by atoms with van der Waals surface area (Å²) in [5, 5.41) is 16.0. The predicted octanol–water partition coefficient (Wildman–Crippen LogP) is 2.98. The molecular weight excluding hydrogens is 273 g/mol. The van der Waals surface area contributed by atoms with Crippen LogP contribution in [0.4, 0.5) is 4.39 Å². The Balaban J connectivity index is 2.16. The number of nitrogens with zero attached hydrogens (tertiary/aromatic N) is 2. The van der Waals surface area contributed by atoms with Gasteiger partial charge < -0.3 is 5.11 Å². The van der Waals surface area contributed by atoms with Gasteiger partial charge in [0.15, 0.2) is 5.69 Å². The highest BCUT2D eigenvalue weighted by Gasteiger charge is 2.17. The number of rotatable bonds is 3. The maximum absolute atomic E-state index is 13.0. The molecule has 0 fully saturated rings. The summed E-state index contributed by atoms with van der Waals surface area (Å²) in [5.41, 5.74) is 2.34. The molecule has 0 bridgehead atoms. The number of carbonyl (C=O) groups is 1. The fraction of sp³-hybridized carbons (Fsp3) is 0. The zero-order valence-electron chi connectivity index (χ0n) is 10.7. The monoisotopic (exact) mass is 283 g/mol. The number of H-pyrrole nitrogens is 1. The van der Waals surface area contributed by atoms with E-state index in [1.165, 1.54) is 24.5 Å². The predicted molar refractivity (Wildman–Crippen MR) is 74.2 cm³/mol. The van der Waals surface area contributed by atoms with Gasteiger partial charge in [-0.1, -0.05) is 6.07 Å². The molecule has 0 radical (unpaired) electrons. The number of benzene rings is 1. The van der Waals surface area contributed by atoms with Gasteiger partial charge in [-0.05, 0) is 30.3 Å². The Morgan fingerprint density at radius 1 is 1.14 bits per heavy atom. The van der Waals surface area contributed by atoms with Crippen molar-refractivity contribution in [1.29, 1.82) is 0 Å². The molecule has 0 aliphatic rings. The van der Waals surface area contributed by atoms with Crippen molar-refractivity contribution in [3.8, 4) is 22.4 Å². The molecule has 0 aliphatic heterocycles. The number of aromatic nitrogens is 3. The van der Waals surface area contributed by atoms with E-state index in [1.807, 2.05) is 0 Å². The summed E-state index contributed by atoms with van der Waals surface area (Å²) < 4.78 is 13.0. The Kier molecular flexibility index (Phi) is 3.19. The standard InChI is InChI=1S/C15H10FN3O2/c16-10-5-3-9(4-6-10)13-12(8-18-19-13)11-2-1-7-17-14(11)15(20)21/h1-8H,(H,18,19)(H,20,21). The highest BCUT2D eigenvalue weighted by molar-refractivity contribution is 5.96. The molecule has 21 heavy (non-hydrogen) atoms. The van der Waals surface area contributed by atoms with Crippen LogP contribution in [-0.2, 0) is 0 Å². The van der Waals surface area contributed by atoms with Gasteiger partial charge in [-0.3, -0.25) is 5.10 Å². The summed E-state index contributed by atoms with van der Waals surface area (Å²) in [6.07, 6.45) is 2.95. The van der Waals surface area contributed by atoms with Gasteiger partial charge in [0, 0.05) is 22.9 Å². The van der Waals surface area contributed by atoms with E-state index in [2.05, 4.69) is 15.2 Å². The number of hydrogen-bond acceptors (Lipinski definition) is 3. The van der Waals surface area contributed by atoms with Crippen LogP contribution in [0, 0.1) is 5.82 Å². The van der Waals surface area contributed by atoms with Crippen LogP contribution in [0.2, 0.25) is 0 Å². The number of carboxylic acids is 1. The number of halogens is 1. The van der Waals surface area contributed by atoms with Crippen molar-refractivity contribution < 1.29 is 14.3 Å². The van der Waals surface area contributed by atoms with Crippen LogP contribution in [0.15, 0.2) is 48.8 Å². The van der Waals surface area contributed by atoms with Crippen molar-refractivity contribution >= 4 is 5.97 Å². The van der Waals surface area contributed by atoms with Crippen LogP contribution in [0.3, 0.4) is 0 Å². The van der Waals surface area contributed by atoms with Gasteiger partial charge in [-0.25, -0.2) is 14.2 Å². The van der Waals surface area contributed by atoms with Crippen molar-refractivity contribution in [3.63, 3.8) is 0 Å². The number of nitrogens with one attached hydrogen (secondary N) is 1. The van der Waals surface area contributed by atoms with Crippen LogP contribution in [-0.4, -0.2) is 26.3 Å². The minimum atomic E-state index is -1.11. The lowest BCUT2D eigenvalue weighted by Crippen LogP contribution is -2.02. The molecule has 0 spiro atoms. The van der Waals surface area contributed by atoms with Crippen LogP contribution in [0.1, 0.15) is 10.5 Å². The van der Waals surface area contributed by atoms with E-state index in [-0.39, 0.29) is 11.5 Å². The molecule has 104 valence electrons. The van der Waals surface area contributed by atoms with E-state index in [1.54, 1.807) is 24.3 Å². The zero-order chi connectivity index (χ0) is 14.8. The Labute approximate surface area is 119 Å². The maximum atomic E-state index is 13.0. The lowest BCUT2D eigenvalue weighted by molar-refractivity contribution is 0.0691. The third kappa shape index (κ3) is 2.38. The van der Waals surface area contributed by atoms with Crippen molar-refractivity contribution in [2.45, 2.75) is 0 Å². The summed E-state index contributed by atoms with van der Waals surface area (Å²) >= 11 is 0. The quantitative estimate of drug-likeness (QED) is 0.774. The third-order valence-electron chi connectivity index (χ3n) is 3.07. The molecule has 1 aromatic carbocycles. The fourth-order valence-electron chi connectivity index (χ4n) is 2.12. The van der Waals surface area contributed by atoms with E-state index >= 15 is 0 Å². The van der Waals surface area contributed by atoms with Gasteiger partial charge in [0.1, 0.15) is 5.82 Å². The number of aromatic amines is 1. The third-order valence-corrected chi connectivity index (χ3v) is 3.07. The van der Waals surface area contributed by atoms with Gasteiger partial charge in [-0.15, -0.1) is 0 Å². The van der Waals surface area contributed by atoms with Crippen LogP contribution < -0.4 is 0 Å². The lowest BCUT2D eigenvalue weighted by Gasteiger charge is -2.06. The van der Waals surface area contributed by atoms with Gasteiger partial charge in [0.2, 0.25) is 0 Å². The number of carboxylic acid groups (broad SMARTS) is 1. The first-order chi connectivity index (χ1) is 10.2. The molecule has 0 atom stereocenters. The minimum absolute atomic E-state index is 0.0535. The van der Waals surface area contributed by atoms with Gasteiger partial charge in [0.25, 0.3) is 0 Å². The second-order valence-corrected chi connectivity index (χ2v) is 4.37. The molecule has 0 amide bonds. The second-order valence-electron chi connectivity index (χ2n) is 4.37. The molecule has 2 heterocycles. The topological polar surface area (TPSA) is 78.9 Å². The van der Waals surface area contributed by atoms with Crippen molar-refractivity contribution in [2.24, 2.45) is 0 Å². The molecule has 3 aromatic rings. The fourth-order valence-corrected chi connectivity index (χ4v) is 2.12. The van der Waals surface area contributed by atoms with Gasteiger partial charge in [0.05, 0.1) is 11.9 Å². The minimum Gasteiger partial charge on any atom is -0.476 e. The number of hydrogen-bond donors (Lipinski definition) is 2. The van der Waals surface area contributed by atoms with Crippen LogP contribution in [0.5, 0.6) is 0 Å². The first-order valence-corrected chi connectivity index (χ1v) is 6.15. The number of aromatic carboxylic acids is 1.